The maximum atomic E-state index is 12.7. The second kappa shape index (κ2) is 9.86. The maximum Gasteiger partial charge on any atom is 0.340 e. The van der Waals surface area contributed by atoms with Crippen LogP contribution < -0.4 is 15.2 Å². The van der Waals surface area contributed by atoms with Crippen molar-refractivity contribution in [1.29, 1.82) is 0 Å². The Hall–Kier alpha value is -3.16. The van der Waals surface area contributed by atoms with Crippen LogP contribution in [0.4, 0.5) is 0 Å². The molecule has 8 nitrogen and oxygen atoms in total. The first kappa shape index (κ1) is 22.1. The molecule has 0 fully saturated rings. The topological polar surface area (TPSA) is 106 Å². The van der Waals surface area contributed by atoms with Crippen molar-refractivity contribution in [3.63, 3.8) is 0 Å². The third kappa shape index (κ3) is 4.64. The predicted octanol–water partition coefficient (Wildman–Crippen LogP) is 2.78. The molecule has 0 aliphatic carbocycles. The van der Waals surface area contributed by atoms with Gasteiger partial charge in [0.15, 0.2) is 11.5 Å². The standard InChI is InChI=1S/C21H27NO7/c1-6-26-14-10-9-13(11-15(14)25-5)17-16(20(23)27-7-2)12(4)29-19(22)18(17)21(24)28-8-3/h9-11,17H,6-8,22H2,1-5H3/t17-/m1/s1. The molecule has 1 atom stereocenters. The molecule has 1 aliphatic heterocycles. The largest absolute Gasteiger partial charge is 0.493 e. The normalized spacial score (nSPS) is 16.2. The Balaban J connectivity index is 2.67. The number of carbonyl (C=O) groups is 2. The highest BCUT2D eigenvalue weighted by Crippen LogP contribution is 2.42. The van der Waals surface area contributed by atoms with E-state index in [1.54, 1.807) is 39.0 Å². The maximum absolute atomic E-state index is 12.7. The molecule has 0 amide bonds. The zero-order valence-electron chi connectivity index (χ0n) is 17.4. The number of esters is 2. The van der Waals surface area contributed by atoms with Crippen LogP contribution >= 0.6 is 0 Å². The minimum atomic E-state index is -0.841. The summed E-state index contributed by atoms with van der Waals surface area (Å²) in [5.74, 6) is -0.975. The highest BCUT2D eigenvalue weighted by molar-refractivity contribution is 5.99. The van der Waals surface area contributed by atoms with Gasteiger partial charge in [-0.2, -0.15) is 0 Å². The monoisotopic (exact) mass is 405 g/mol. The molecule has 0 spiro atoms. The van der Waals surface area contributed by atoms with Crippen LogP contribution in [0.15, 0.2) is 41.0 Å². The first-order chi connectivity index (χ1) is 13.9. The van der Waals surface area contributed by atoms with E-state index in [1.165, 1.54) is 7.11 Å². The van der Waals surface area contributed by atoms with Gasteiger partial charge in [0.1, 0.15) is 11.3 Å². The van der Waals surface area contributed by atoms with Crippen molar-refractivity contribution in [2.75, 3.05) is 26.9 Å². The van der Waals surface area contributed by atoms with Gasteiger partial charge in [-0.15, -0.1) is 0 Å². The molecule has 1 heterocycles. The molecule has 1 aromatic rings. The summed E-state index contributed by atoms with van der Waals surface area (Å²) in [6.45, 7) is 7.61. The highest BCUT2D eigenvalue weighted by Gasteiger charge is 2.40. The third-order valence-corrected chi connectivity index (χ3v) is 4.30. The van der Waals surface area contributed by atoms with Gasteiger partial charge in [-0.1, -0.05) is 6.07 Å². The van der Waals surface area contributed by atoms with E-state index in [2.05, 4.69) is 0 Å². The minimum Gasteiger partial charge on any atom is -0.493 e. The number of methoxy groups -OCH3 is 1. The molecular weight excluding hydrogens is 378 g/mol. The molecular formula is C21H27NO7. The molecule has 0 unspecified atom stereocenters. The summed E-state index contributed by atoms with van der Waals surface area (Å²) < 4.78 is 26.8. The number of allylic oxidation sites excluding steroid dienone is 1. The van der Waals surface area contributed by atoms with Crippen LogP contribution in [0, 0.1) is 0 Å². The van der Waals surface area contributed by atoms with Crippen LogP contribution in [0.5, 0.6) is 11.5 Å². The van der Waals surface area contributed by atoms with Crippen LogP contribution in [0.3, 0.4) is 0 Å². The smallest absolute Gasteiger partial charge is 0.340 e. The van der Waals surface area contributed by atoms with Gasteiger partial charge in [0, 0.05) is 0 Å². The number of rotatable bonds is 8. The highest BCUT2D eigenvalue weighted by atomic mass is 16.5. The summed E-state index contributed by atoms with van der Waals surface area (Å²) in [4.78, 5) is 25.4. The first-order valence-corrected chi connectivity index (χ1v) is 9.42. The lowest BCUT2D eigenvalue weighted by atomic mass is 9.82. The van der Waals surface area contributed by atoms with Gasteiger partial charge in [-0.3, -0.25) is 0 Å². The van der Waals surface area contributed by atoms with Gasteiger partial charge < -0.3 is 29.4 Å². The van der Waals surface area contributed by atoms with Crippen molar-refractivity contribution in [2.24, 2.45) is 5.73 Å². The Morgan fingerprint density at radius 2 is 1.62 bits per heavy atom. The van der Waals surface area contributed by atoms with Crippen molar-refractivity contribution < 1.29 is 33.3 Å². The Kier molecular flexibility index (Phi) is 7.52. The predicted molar refractivity (Wildman–Crippen MR) is 105 cm³/mol. The van der Waals surface area contributed by atoms with Gasteiger partial charge in [0.05, 0.1) is 38.4 Å². The van der Waals surface area contributed by atoms with Gasteiger partial charge in [-0.05, 0) is 45.4 Å². The molecule has 0 radical (unpaired) electrons. The Labute approximate surface area is 170 Å². The fraction of sp³-hybridized carbons (Fsp3) is 0.429. The van der Waals surface area contributed by atoms with Gasteiger partial charge in [0.25, 0.3) is 0 Å². The van der Waals surface area contributed by atoms with Crippen molar-refractivity contribution >= 4 is 11.9 Å². The van der Waals surface area contributed by atoms with Crippen LogP contribution in [0.25, 0.3) is 0 Å². The fourth-order valence-electron chi connectivity index (χ4n) is 3.13. The molecule has 0 aromatic heterocycles. The van der Waals surface area contributed by atoms with Crippen molar-refractivity contribution in [2.45, 2.75) is 33.6 Å². The van der Waals surface area contributed by atoms with Crippen LogP contribution in [-0.4, -0.2) is 38.9 Å². The van der Waals surface area contributed by atoms with E-state index in [1.807, 2.05) is 6.92 Å². The molecule has 0 saturated carbocycles. The Bertz CT molecular complexity index is 801. The van der Waals surface area contributed by atoms with Crippen LogP contribution in [-0.2, 0) is 23.8 Å². The summed E-state index contributed by atoms with van der Waals surface area (Å²) in [6, 6.07) is 5.15. The van der Waals surface area contributed by atoms with Crippen LogP contribution in [0.2, 0.25) is 0 Å². The van der Waals surface area contributed by atoms with Gasteiger partial charge in [0.2, 0.25) is 5.88 Å². The van der Waals surface area contributed by atoms with E-state index >= 15 is 0 Å². The number of carbonyl (C=O) groups excluding carboxylic acids is 2. The molecule has 8 heteroatoms. The second-order valence-electron chi connectivity index (χ2n) is 6.07. The zero-order valence-corrected chi connectivity index (χ0v) is 17.4. The summed E-state index contributed by atoms with van der Waals surface area (Å²) in [7, 11) is 1.51. The fourth-order valence-corrected chi connectivity index (χ4v) is 3.13. The van der Waals surface area contributed by atoms with E-state index < -0.39 is 17.9 Å². The quantitative estimate of drug-likeness (QED) is 0.658. The van der Waals surface area contributed by atoms with Crippen molar-refractivity contribution in [3.05, 3.63) is 46.6 Å². The summed E-state index contributed by atoms with van der Waals surface area (Å²) in [5, 5.41) is 0. The number of nitrogens with two attached hydrogens (primary N) is 1. The number of ether oxygens (including phenoxy) is 5. The number of hydrogen-bond acceptors (Lipinski definition) is 8. The zero-order chi connectivity index (χ0) is 21.6. The lowest BCUT2D eigenvalue weighted by Crippen LogP contribution is -2.30. The molecule has 2 rings (SSSR count). The van der Waals surface area contributed by atoms with Gasteiger partial charge >= 0.3 is 11.9 Å². The van der Waals surface area contributed by atoms with E-state index in [9.17, 15) is 9.59 Å². The first-order valence-electron chi connectivity index (χ1n) is 9.42. The molecule has 158 valence electrons. The Morgan fingerprint density at radius 1 is 1.00 bits per heavy atom. The average molecular weight is 405 g/mol. The van der Waals surface area contributed by atoms with E-state index in [4.69, 9.17) is 29.4 Å². The Morgan fingerprint density at radius 3 is 2.17 bits per heavy atom. The molecule has 0 bridgehead atoms. The lowest BCUT2D eigenvalue weighted by molar-refractivity contribution is -0.140. The summed E-state index contributed by atoms with van der Waals surface area (Å²) in [6.07, 6.45) is 0. The van der Waals surface area contributed by atoms with E-state index in [-0.39, 0.29) is 36.0 Å². The molecule has 1 aromatic carbocycles. The number of benzene rings is 1. The van der Waals surface area contributed by atoms with Gasteiger partial charge in [-0.25, -0.2) is 9.59 Å². The molecule has 0 saturated heterocycles. The molecule has 2 N–H and O–H groups in total. The molecule has 1 aliphatic rings. The summed E-state index contributed by atoms with van der Waals surface area (Å²) >= 11 is 0. The second-order valence-corrected chi connectivity index (χ2v) is 6.07. The van der Waals surface area contributed by atoms with Crippen LogP contribution in [0.1, 0.15) is 39.2 Å². The summed E-state index contributed by atoms with van der Waals surface area (Å²) in [5.41, 5.74) is 6.82. The van der Waals surface area contributed by atoms with Crippen molar-refractivity contribution in [3.8, 4) is 11.5 Å². The van der Waals surface area contributed by atoms with E-state index in [0.29, 0.717) is 23.7 Å². The lowest BCUT2D eigenvalue weighted by Gasteiger charge is -2.29. The average Bonchev–Trinajstić information content (AvgIpc) is 2.68. The minimum absolute atomic E-state index is 0.0340. The number of hydrogen-bond donors (Lipinski definition) is 1. The van der Waals surface area contributed by atoms with E-state index in [0.717, 1.165) is 0 Å². The SMILES string of the molecule is CCOC(=O)C1=C(C)OC(N)=C(C(=O)OCC)[C@@H]1c1ccc(OCC)c(OC)c1. The third-order valence-electron chi connectivity index (χ3n) is 4.30. The van der Waals surface area contributed by atoms with Crippen molar-refractivity contribution in [1.82, 2.24) is 0 Å². The molecule has 29 heavy (non-hydrogen) atoms.